The molecule has 0 aliphatic carbocycles. The molecule has 0 aliphatic heterocycles. The summed E-state index contributed by atoms with van der Waals surface area (Å²) in [5, 5.41) is 8.44. The molecule has 0 rings (SSSR count). The first kappa shape index (κ1) is 10.9. The van der Waals surface area contributed by atoms with Gasteiger partial charge in [-0.15, -0.1) is 0 Å². The van der Waals surface area contributed by atoms with Crippen LogP contribution in [-0.2, 0) is 4.79 Å². The second-order valence-electron chi connectivity index (χ2n) is 2.94. The molecule has 2 N–H and O–H groups in total. The number of carbonyl (C=O) groups is 1. The summed E-state index contributed by atoms with van der Waals surface area (Å²) in [5.41, 5.74) is 4.99. The predicted molar refractivity (Wildman–Crippen MR) is 46.1 cm³/mol. The molecule has 0 saturated carbocycles. The lowest BCUT2D eigenvalue weighted by atomic mass is 10.3. The molecule has 1 amide bonds. The Morgan fingerprint density at radius 2 is 2.25 bits per heavy atom. The first-order valence-corrected chi connectivity index (χ1v) is 3.97. The van der Waals surface area contributed by atoms with Crippen molar-refractivity contribution < 1.29 is 4.79 Å². The van der Waals surface area contributed by atoms with Gasteiger partial charge in [-0.1, -0.05) is 0 Å². The molecular formula is C8H15N3O. The van der Waals surface area contributed by atoms with Crippen molar-refractivity contribution in [3.8, 4) is 6.07 Å². The van der Waals surface area contributed by atoms with E-state index >= 15 is 0 Å². The molecule has 0 heterocycles. The van der Waals surface area contributed by atoms with Crippen LogP contribution in [0.5, 0.6) is 0 Å². The van der Waals surface area contributed by atoms with Crippen molar-refractivity contribution in [3.63, 3.8) is 0 Å². The summed E-state index contributed by atoms with van der Waals surface area (Å²) in [7, 11) is 0. The molecule has 0 unspecified atom stereocenters. The summed E-state index contributed by atoms with van der Waals surface area (Å²) in [6, 6.07) is 2.33. The van der Waals surface area contributed by atoms with Crippen LogP contribution in [0.25, 0.3) is 0 Å². The highest BCUT2D eigenvalue weighted by atomic mass is 16.1. The third-order valence-corrected chi connectivity index (χ3v) is 1.65. The molecule has 0 bridgehead atoms. The number of primary amides is 1. The Kier molecular flexibility index (Phi) is 5.06. The van der Waals surface area contributed by atoms with Gasteiger partial charge in [-0.3, -0.25) is 9.69 Å². The molecule has 68 valence electrons. The van der Waals surface area contributed by atoms with Crippen molar-refractivity contribution in [1.82, 2.24) is 4.90 Å². The molecule has 4 heteroatoms. The molecule has 4 nitrogen and oxygen atoms in total. The average molecular weight is 169 g/mol. The van der Waals surface area contributed by atoms with Gasteiger partial charge in [0.1, 0.15) is 0 Å². The van der Waals surface area contributed by atoms with Gasteiger partial charge in [-0.25, -0.2) is 0 Å². The van der Waals surface area contributed by atoms with Crippen LogP contribution in [0.4, 0.5) is 0 Å². The lowest BCUT2D eigenvalue weighted by Gasteiger charge is -2.22. The first-order chi connectivity index (χ1) is 5.57. The van der Waals surface area contributed by atoms with Crippen LogP contribution < -0.4 is 5.73 Å². The third kappa shape index (κ3) is 4.69. The summed E-state index contributed by atoms with van der Waals surface area (Å²) in [6.45, 7) is 4.89. The largest absolute Gasteiger partial charge is 0.370 e. The molecule has 0 fully saturated rings. The van der Waals surface area contributed by atoms with Crippen LogP contribution in [0.1, 0.15) is 20.3 Å². The van der Waals surface area contributed by atoms with E-state index in [0.717, 1.165) is 0 Å². The Balaban J connectivity index is 3.80. The molecule has 0 spiro atoms. The van der Waals surface area contributed by atoms with Crippen molar-refractivity contribution in [2.45, 2.75) is 26.3 Å². The Bertz CT molecular complexity index is 183. The Morgan fingerprint density at radius 3 is 2.58 bits per heavy atom. The third-order valence-electron chi connectivity index (χ3n) is 1.65. The molecule has 0 aliphatic rings. The van der Waals surface area contributed by atoms with Crippen LogP contribution in [0.3, 0.4) is 0 Å². The van der Waals surface area contributed by atoms with Gasteiger partial charge in [0.05, 0.1) is 12.6 Å². The van der Waals surface area contributed by atoms with Gasteiger partial charge in [0.2, 0.25) is 5.91 Å². The fourth-order valence-electron chi connectivity index (χ4n) is 0.864. The first-order valence-electron chi connectivity index (χ1n) is 3.97. The number of nitriles is 1. The van der Waals surface area contributed by atoms with Crippen molar-refractivity contribution in [1.29, 1.82) is 5.26 Å². The van der Waals surface area contributed by atoms with Crippen molar-refractivity contribution >= 4 is 5.91 Å². The monoisotopic (exact) mass is 169 g/mol. The van der Waals surface area contributed by atoms with Crippen LogP contribution in [0.15, 0.2) is 0 Å². The predicted octanol–water partition coefficient (Wildman–Crippen LogP) is 0.0958. The summed E-state index contributed by atoms with van der Waals surface area (Å²) < 4.78 is 0. The summed E-state index contributed by atoms with van der Waals surface area (Å²) in [5.74, 6) is -0.321. The van der Waals surface area contributed by atoms with Gasteiger partial charge in [0, 0.05) is 19.0 Å². The van der Waals surface area contributed by atoms with E-state index in [1.54, 1.807) is 0 Å². The second-order valence-corrected chi connectivity index (χ2v) is 2.94. The van der Waals surface area contributed by atoms with Gasteiger partial charge in [0.25, 0.3) is 0 Å². The van der Waals surface area contributed by atoms with Gasteiger partial charge in [0.15, 0.2) is 0 Å². The number of nitrogens with zero attached hydrogens (tertiary/aromatic N) is 2. The van der Waals surface area contributed by atoms with Gasteiger partial charge in [-0.2, -0.15) is 5.26 Å². The number of hydrogen-bond donors (Lipinski definition) is 1. The van der Waals surface area contributed by atoms with E-state index in [2.05, 4.69) is 0 Å². The maximum atomic E-state index is 10.4. The van der Waals surface area contributed by atoms with E-state index in [9.17, 15) is 4.79 Å². The highest BCUT2D eigenvalue weighted by molar-refractivity contribution is 5.73. The van der Waals surface area contributed by atoms with Crippen LogP contribution in [0, 0.1) is 11.3 Å². The molecule has 0 aromatic rings. The maximum Gasteiger partial charge on any atom is 0.218 e. The van der Waals surface area contributed by atoms with Crippen LogP contribution >= 0.6 is 0 Å². The minimum atomic E-state index is -0.321. The minimum absolute atomic E-state index is 0.281. The van der Waals surface area contributed by atoms with E-state index in [4.69, 9.17) is 11.0 Å². The number of nitrogens with two attached hydrogens (primary N) is 1. The van der Waals surface area contributed by atoms with Gasteiger partial charge >= 0.3 is 0 Å². The molecule has 0 aromatic carbocycles. The highest BCUT2D eigenvalue weighted by Gasteiger charge is 2.08. The standard InChI is InChI=1S/C8H15N3O/c1-7(2)11(6-4-9)5-3-8(10)12/h7H,3,5-6H2,1-2H3,(H2,10,12). The normalized spacial score (nSPS) is 10.2. The molecule has 0 radical (unpaired) electrons. The zero-order valence-corrected chi connectivity index (χ0v) is 7.58. The van der Waals surface area contributed by atoms with E-state index in [1.807, 2.05) is 24.8 Å². The van der Waals surface area contributed by atoms with Crippen LogP contribution in [0.2, 0.25) is 0 Å². The zero-order valence-electron chi connectivity index (χ0n) is 7.58. The zero-order chi connectivity index (χ0) is 9.56. The van der Waals surface area contributed by atoms with Gasteiger partial charge < -0.3 is 5.73 Å². The molecule has 0 saturated heterocycles. The molecular weight excluding hydrogens is 154 g/mol. The lowest BCUT2D eigenvalue weighted by molar-refractivity contribution is -0.118. The number of carbonyl (C=O) groups excluding carboxylic acids is 1. The van der Waals surface area contributed by atoms with Crippen molar-refractivity contribution in [2.24, 2.45) is 5.73 Å². The van der Waals surface area contributed by atoms with Crippen molar-refractivity contribution in [2.75, 3.05) is 13.1 Å². The van der Waals surface area contributed by atoms with Crippen molar-refractivity contribution in [3.05, 3.63) is 0 Å². The number of rotatable bonds is 5. The quantitative estimate of drug-likeness (QED) is 0.593. The Labute approximate surface area is 72.9 Å². The van der Waals surface area contributed by atoms with Crippen LogP contribution in [-0.4, -0.2) is 29.9 Å². The van der Waals surface area contributed by atoms with E-state index < -0.39 is 0 Å². The van der Waals surface area contributed by atoms with E-state index in [1.165, 1.54) is 0 Å². The summed E-state index contributed by atoms with van der Waals surface area (Å²) in [6.07, 6.45) is 0.319. The van der Waals surface area contributed by atoms with Gasteiger partial charge in [-0.05, 0) is 13.8 Å². The smallest absolute Gasteiger partial charge is 0.218 e. The summed E-state index contributed by atoms with van der Waals surface area (Å²) in [4.78, 5) is 12.4. The molecule has 0 aromatic heterocycles. The second kappa shape index (κ2) is 5.56. The average Bonchev–Trinajstić information content (AvgIpc) is 1.96. The maximum absolute atomic E-state index is 10.4. The molecule has 0 atom stereocenters. The number of amides is 1. The number of hydrogen-bond acceptors (Lipinski definition) is 3. The van der Waals surface area contributed by atoms with E-state index in [-0.39, 0.29) is 11.9 Å². The Hall–Kier alpha value is -1.08. The van der Waals surface area contributed by atoms with E-state index in [0.29, 0.717) is 19.5 Å². The molecule has 12 heavy (non-hydrogen) atoms. The SMILES string of the molecule is CC(C)N(CC#N)CCC(N)=O. The fourth-order valence-corrected chi connectivity index (χ4v) is 0.864. The lowest BCUT2D eigenvalue weighted by Crippen LogP contribution is -2.34. The minimum Gasteiger partial charge on any atom is -0.370 e. The topological polar surface area (TPSA) is 70.1 Å². The Morgan fingerprint density at radius 1 is 1.67 bits per heavy atom. The fraction of sp³-hybridized carbons (Fsp3) is 0.750. The summed E-state index contributed by atoms with van der Waals surface area (Å²) >= 11 is 0. The highest BCUT2D eigenvalue weighted by Crippen LogP contribution is 1.97.